The van der Waals surface area contributed by atoms with E-state index in [-0.39, 0.29) is 31.8 Å². The van der Waals surface area contributed by atoms with Gasteiger partial charge in [-0.05, 0) is 184 Å². The first kappa shape index (κ1) is 69.6. The molecule has 15 aromatic carbocycles. The van der Waals surface area contributed by atoms with Gasteiger partial charge in [-0.25, -0.2) is 0 Å². The lowest BCUT2D eigenvalue weighted by atomic mass is 9.76. The zero-order valence-corrected chi connectivity index (χ0v) is 59.3. The van der Waals surface area contributed by atoms with Gasteiger partial charge in [-0.15, -0.1) is 5.11 Å². The van der Waals surface area contributed by atoms with Crippen LogP contribution in [0.5, 0.6) is 17.2 Å². The largest absolute Gasteiger partial charge is 0.497 e. The molecule has 2 atom stereocenters. The third kappa shape index (κ3) is 13.2. The van der Waals surface area contributed by atoms with Crippen molar-refractivity contribution in [3.63, 3.8) is 0 Å². The van der Waals surface area contributed by atoms with Crippen LogP contribution >= 0.6 is 0 Å². The highest BCUT2D eigenvalue weighted by Gasteiger charge is 2.41. The summed E-state index contributed by atoms with van der Waals surface area (Å²) < 4.78 is 35.3. The summed E-state index contributed by atoms with van der Waals surface area (Å²) >= 11 is 0. The average molecular weight is 1400 g/mol. The van der Waals surface area contributed by atoms with Crippen LogP contribution in [0.25, 0.3) is 86.5 Å². The molecule has 16 nitrogen and oxygen atoms in total. The molecule has 0 spiro atoms. The zero-order chi connectivity index (χ0) is 73.1. The second-order valence-electron chi connectivity index (χ2n) is 26.5. The normalized spacial score (nSPS) is 12.9. The standard InChI is InChI=1S/C90H77N5O11/c1-55-25-42-80(95-94-67-33-31-66(32-34-67)93-56(2)96)75(49-55)61-30-39-78(81(52-61)102-4)90(100,77-41-37-72-70-22-10-16-57-15-9-21-69(84(57)70)71-23-11-24-73(77)86(71)72)65-20-8-18-63(51-65)88(98)92-54-106-48-47-105-46-45-104-44-12-43-91-87(97)62-17-7-19-64(50-62)89(99,79-40-35-68(101-3)53-82(79)103-5)76-38-29-60-27-26-58-13-6-14-59-28-36-74(76)85(60)83(58)59/h6-11,13-42,49-53,99-100H,12,43-48,54H2,1-5H3,(H,91,97)(H,92,98)(H,93,96). The van der Waals surface area contributed by atoms with E-state index in [9.17, 15) is 24.6 Å². The summed E-state index contributed by atoms with van der Waals surface area (Å²) in [6, 6.07) is 79.9. The van der Waals surface area contributed by atoms with Crippen molar-refractivity contribution >= 4 is 110 Å². The van der Waals surface area contributed by atoms with Gasteiger partial charge in [0, 0.05) is 70.8 Å². The molecule has 5 N–H and O–H groups in total. The second kappa shape index (κ2) is 29.9. The SMILES string of the molecule is COc1ccc(C(O)(c2cccc(C(=O)NCCCOCCOCCOCNC(=O)c3cccc(C(O)(c4ccc(-c5cc(C)ccc5N=Nc5ccc(NC(C)=O)cc5)cc4OC)c4ccc5c6cccc7cccc(c8cccc4c85)c76)c3)c2)c2ccc3ccc4cccc5ccc2c3c45)c(OC)c1. The van der Waals surface area contributed by atoms with E-state index in [1.807, 2.05) is 91.9 Å². The predicted molar refractivity (Wildman–Crippen MR) is 419 cm³/mol. The van der Waals surface area contributed by atoms with Gasteiger partial charge in [0.05, 0.1) is 59.1 Å². The lowest BCUT2D eigenvalue weighted by Crippen LogP contribution is -2.31. The van der Waals surface area contributed by atoms with Gasteiger partial charge in [0.15, 0.2) is 0 Å². The number of carbonyl (C=O) groups excluding carboxylic acids is 3. The first-order valence-corrected chi connectivity index (χ1v) is 35.3. The van der Waals surface area contributed by atoms with Crippen LogP contribution in [0.15, 0.2) is 259 Å². The third-order valence-corrected chi connectivity index (χ3v) is 20.1. The van der Waals surface area contributed by atoms with Crippen molar-refractivity contribution in [3.8, 4) is 28.4 Å². The van der Waals surface area contributed by atoms with E-state index in [4.69, 9.17) is 33.5 Å². The number of fused-ring (bicyclic) bond motifs is 2. The Bertz CT molecular complexity index is 5800. The van der Waals surface area contributed by atoms with Crippen molar-refractivity contribution in [2.75, 3.05) is 73.0 Å². The molecule has 0 saturated carbocycles. The van der Waals surface area contributed by atoms with Crippen molar-refractivity contribution in [2.24, 2.45) is 10.2 Å². The van der Waals surface area contributed by atoms with Crippen LogP contribution in [-0.2, 0) is 30.2 Å². The van der Waals surface area contributed by atoms with Gasteiger partial charge < -0.3 is 54.6 Å². The topological polar surface area (TPSA) is 208 Å². The van der Waals surface area contributed by atoms with Gasteiger partial charge in [-0.3, -0.25) is 14.4 Å². The molecule has 15 rings (SSSR count). The number of methoxy groups -OCH3 is 3. The Morgan fingerprint density at radius 3 is 1.59 bits per heavy atom. The molecule has 2 unspecified atom stereocenters. The fourth-order valence-electron chi connectivity index (χ4n) is 15.1. The smallest absolute Gasteiger partial charge is 0.253 e. The molecule has 0 radical (unpaired) electrons. The number of carbonyl (C=O) groups is 3. The fraction of sp³-hybridized carbons (Fsp3) is 0.167. The Balaban J connectivity index is 0.590. The quantitative estimate of drug-likeness (QED) is 0.00817. The molecule has 0 aliphatic carbocycles. The van der Waals surface area contributed by atoms with Gasteiger partial charge in [0.1, 0.15) is 35.2 Å². The molecule has 0 aliphatic heterocycles. The van der Waals surface area contributed by atoms with Crippen molar-refractivity contribution in [3.05, 3.63) is 299 Å². The lowest BCUT2D eigenvalue weighted by Gasteiger charge is -2.33. The summed E-state index contributed by atoms with van der Waals surface area (Å²) in [6.45, 7) is 5.13. The first-order valence-electron chi connectivity index (χ1n) is 35.3. The van der Waals surface area contributed by atoms with Crippen molar-refractivity contribution in [2.45, 2.75) is 31.5 Å². The van der Waals surface area contributed by atoms with E-state index < -0.39 is 17.1 Å². The van der Waals surface area contributed by atoms with Gasteiger partial charge >= 0.3 is 0 Å². The Labute approximate surface area is 612 Å². The van der Waals surface area contributed by atoms with Crippen LogP contribution in [0.1, 0.15) is 73.0 Å². The molecule has 3 amide bonds. The van der Waals surface area contributed by atoms with E-state index in [0.717, 1.165) is 86.7 Å². The number of aliphatic hydroxyl groups is 2. The minimum absolute atomic E-state index is 0.105. The number of hydrogen-bond acceptors (Lipinski definition) is 13. The van der Waals surface area contributed by atoms with E-state index in [2.05, 4.69) is 112 Å². The molecule has 528 valence electrons. The number of ether oxygens (including phenoxy) is 6. The molecule has 0 heterocycles. The van der Waals surface area contributed by atoms with Crippen LogP contribution in [0.2, 0.25) is 0 Å². The van der Waals surface area contributed by atoms with E-state index in [1.165, 1.54) is 12.3 Å². The van der Waals surface area contributed by atoms with E-state index in [1.54, 1.807) is 94.1 Å². The summed E-state index contributed by atoms with van der Waals surface area (Å²) in [7, 11) is 4.73. The molecule has 0 aromatic heterocycles. The predicted octanol–water partition coefficient (Wildman–Crippen LogP) is 18.1. The molecule has 0 bridgehead atoms. The van der Waals surface area contributed by atoms with E-state index in [0.29, 0.717) is 112 Å². The average Bonchev–Trinajstić information content (AvgIpc) is 0.598. The number of benzene rings is 15. The lowest BCUT2D eigenvalue weighted by molar-refractivity contribution is -0.114. The number of rotatable bonds is 27. The Morgan fingerprint density at radius 2 is 0.934 bits per heavy atom. The summed E-state index contributed by atoms with van der Waals surface area (Å²) in [5.74, 6) is 0.506. The Morgan fingerprint density at radius 1 is 0.425 bits per heavy atom. The van der Waals surface area contributed by atoms with Crippen molar-refractivity contribution in [1.29, 1.82) is 0 Å². The highest BCUT2D eigenvalue weighted by atomic mass is 16.5. The third-order valence-electron chi connectivity index (χ3n) is 20.1. The first-order chi connectivity index (χ1) is 51.7. The highest BCUT2D eigenvalue weighted by Crippen LogP contribution is 2.51. The van der Waals surface area contributed by atoms with Gasteiger partial charge in [-0.1, -0.05) is 169 Å². The summed E-state index contributed by atoms with van der Waals surface area (Å²) in [4.78, 5) is 39.7. The van der Waals surface area contributed by atoms with Crippen LogP contribution in [0.4, 0.5) is 17.1 Å². The van der Waals surface area contributed by atoms with Gasteiger partial charge in [0.2, 0.25) is 5.91 Å². The molecule has 106 heavy (non-hydrogen) atoms. The number of aryl methyl sites for hydroxylation is 1. The van der Waals surface area contributed by atoms with Crippen LogP contribution in [0, 0.1) is 6.92 Å². The van der Waals surface area contributed by atoms with Crippen molar-refractivity contribution < 1.29 is 53.0 Å². The fourth-order valence-corrected chi connectivity index (χ4v) is 15.1. The summed E-state index contributed by atoms with van der Waals surface area (Å²) in [5, 5.41) is 60.4. The molecule has 15 aromatic rings. The Hall–Kier alpha value is -12.2. The van der Waals surface area contributed by atoms with Gasteiger partial charge in [0.25, 0.3) is 11.8 Å². The molecule has 0 fully saturated rings. The highest BCUT2D eigenvalue weighted by molar-refractivity contribution is 6.33. The number of nitrogens with one attached hydrogen (secondary N) is 3. The maximum atomic E-state index is 14.2. The van der Waals surface area contributed by atoms with Gasteiger partial charge in [-0.2, -0.15) is 5.11 Å². The van der Waals surface area contributed by atoms with Crippen molar-refractivity contribution in [1.82, 2.24) is 10.6 Å². The maximum Gasteiger partial charge on any atom is 0.253 e. The second-order valence-corrected chi connectivity index (χ2v) is 26.5. The maximum absolute atomic E-state index is 14.2. The molecule has 16 heteroatoms. The molecular weight excluding hydrogens is 1330 g/mol. The number of hydrogen-bond donors (Lipinski definition) is 5. The minimum Gasteiger partial charge on any atom is -0.497 e. The summed E-state index contributed by atoms with van der Waals surface area (Å²) in [5.41, 5.74) is 4.47. The minimum atomic E-state index is -1.91. The van der Waals surface area contributed by atoms with Crippen LogP contribution in [0.3, 0.4) is 0 Å². The molecule has 0 aliphatic rings. The number of amides is 3. The monoisotopic (exact) mass is 1400 g/mol. The van der Waals surface area contributed by atoms with Crippen LogP contribution in [-0.4, -0.2) is 95.6 Å². The summed E-state index contributed by atoms with van der Waals surface area (Å²) in [6.07, 6.45) is 0.539. The zero-order valence-electron chi connectivity index (χ0n) is 59.3. The number of azo groups is 1. The molecular formula is C90H77N5O11. The number of nitrogens with zero attached hydrogens (tertiary/aromatic N) is 2. The molecule has 0 saturated heterocycles. The van der Waals surface area contributed by atoms with Crippen LogP contribution < -0.4 is 30.2 Å². The Kier molecular flexibility index (Phi) is 19.6. The van der Waals surface area contributed by atoms with E-state index >= 15 is 0 Å². The number of anilines is 1.